The zero-order valence-electron chi connectivity index (χ0n) is 1.84. The van der Waals surface area contributed by atoms with Gasteiger partial charge in [0, 0.05) is 0 Å². The molecule has 0 aliphatic heterocycles. The normalized spacial score (nSPS) is 0. The number of rotatable bonds is 0. The third-order valence-corrected chi connectivity index (χ3v) is 0. The van der Waals surface area contributed by atoms with Crippen LogP contribution in [-0.4, -0.2) is 16.4 Å². The number of hydrogen-bond acceptors (Lipinski definition) is 3. The van der Waals surface area contributed by atoms with E-state index >= 15 is 0 Å². The van der Waals surface area contributed by atoms with Crippen LogP contribution in [0.4, 0.5) is 0 Å². The summed E-state index contributed by atoms with van der Waals surface area (Å²) in [5.74, 6) is 0. The molecular weight excluding hydrogens is 139 g/mol. The van der Waals surface area contributed by atoms with Crippen LogP contribution in [0.2, 0.25) is 0 Å². The van der Waals surface area contributed by atoms with Gasteiger partial charge in [-0.3, -0.25) is 0 Å². The molecule has 0 atom stereocenters. The molecule has 0 aromatic carbocycles. The van der Waals surface area contributed by atoms with Crippen molar-refractivity contribution >= 4 is 0 Å². The molecule has 0 unspecified atom stereocenters. The molecule has 0 aliphatic carbocycles. The van der Waals surface area contributed by atoms with Crippen LogP contribution in [0, 0.1) is 0 Å². The summed E-state index contributed by atoms with van der Waals surface area (Å²) in [6.45, 7) is 0. The van der Waals surface area contributed by atoms with Crippen molar-refractivity contribution in [1.82, 2.24) is 0 Å². The maximum Gasteiger partial charge on any atom is 4.00 e. The standard InChI is InChI=1S/3H2O.Zr/h3*1H2;/q;;;+4/p-3. The Hall–Kier alpha value is 0.763. The van der Waals surface area contributed by atoms with Gasteiger partial charge in [0.25, 0.3) is 0 Å². The Bertz CT molecular complexity index is 3.25. The minimum Gasteiger partial charge on any atom is -0.870 e. The van der Waals surface area contributed by atoms with Crippen LogP contribution in [0.25, 0.3) is 0 Å². The van der Waals surface area contributed by atoms with E-state index in [1.54, 1.807) is 0 Å². The fourth-order valence-corrected chi connectivity index (χ4v) is 0. The molecule has 0 spiro atoms. The van der Waals surface area contributed by atoms with Crippen molar-refractivity contribution in [3.63, 3.8) is 0 Å². The monoisotopic (exact) mass is 141 g/mol. The molecule has 3 N–H and O–H groups in total. The average Bonchev–Trinajstić information content (AvgIpc) is 0. The Kier molecular flexibility index (Phi) is 1430. The van der Waals surface area contributed by atoms with E-state index in [4.69, 9.17) is 0 Å². The van der Waals surface area contributed by atoms with Crippen molar-refractivity contribution in [1.29, 1.82) is 0 Å². The van der Waals surface area contributed by atoms with Gasteiger partial charge in [0.2, 0.25) is 0 Å². The molecular formula is H3O3Zr+. The zero-order valence-corrected chi connectivity index (χ0v) is 4.30. The van der Waals surface area contributed by atoms with Crippen molar-refractivity contribution in [2.24, 2.45) is 0 Å². The molecule has 0 fully saturated rings. The van der Waals surface area contributed by atoms with Crippen LogP contribution in [-0.2, 0) is 26.2 Å². The van der Waals surface area contributed by atoms with Crippen molar-refractivity contribution in [3.05, 3.63) is 0 Å². The SMILES string of the molecule is [OH-].[OH-].[OH-].[Zr+4]. The first kappa shape index (κ1) is 116. The summed E-state index contributed by atoms with van der Waals surface area (Å²) in [7, 11) is 0. The molecule has 0 heterocycles. The summed E-state index contributed by atoms with van der Waals surface area (Å²) >= 11 is 0. The van der Waals surface area contributed by atoms with Crippen LogP contribution in [0.3, 0.4) is 0 Å². The third kappa shape index (κ3) is 14.7. The van der Waals surface area contributed by atoms with Crippen molar-refractivity contribution < 1.29 is 42.6 Å². The molecule has 0 aliphatic rings. The van der Waals surface area contributed by atoms with E-state index in [0.717, 1.165) is 0 Å². The van der Waals surface area contributed by atoms with E-state index in [9.17, 15) is 0 Å². The molecule has 4 heteroatoms. The first-order chi connectivity index (χ1) is 0. The van der Waals surface area contributed by atoms with Gasteiger partial charge >= 0.3 is 26.2 Å². The van der Waals surface area contributed by atoms with Gasteiger partial charge < -0.3 is 16.4 Å². The predicted octanol–water partition coefficient (Wildman–Crippen LogP) is -0.533. The second kappa shape index (κ2) is 49.3. The maximum atomic E-state index is 0. The van der Waals surface area contributed by atoms with Gasteiger partial charge in [-0.1, -0.05) is 0 Å². The molecule has 24 valence electrons. The summed E-state index contributed by atoms with van der Waals surface area (Å²) in [4.78, 5) is 0. The molecule has 0 saturated heterocycles. The van der Waals surface area contributed by atoms with Crippen LogP contribution >= 0.6 is 0 Å². The van der Waals surface area contributed by atoms with Crippen LogP contribution < -0.4 is 0 Å². The second-order valence-corrected chi connectivity index (χ2v) is 0. The average molecular weight is 142 g/mol. The molecule has 0 radical (unpaired) electrons. The van der Waals surface area contributed by atoms with E-state index < -0.39 is 0 Å². The van der Waals surface area contributed by atoms with Gasteiger partial charge in [-0.15, -0.1) is 0 Å². The molecule has 0 bridgehead atoms. The van der Waals surface area contributed by atoms with Crippen LogP contribution in [0.15, 0.2) is 0 Å². The summed E-state index contributed by atoms with van der Waals surface area (Å²) in [5.41, 5.74) is 0. The van der Waals surface area contributed by atoms with Gasteiger partial charge in [-0.25, -0.2) is 0 Å². The van der Waals surface area contributed by atoms with Gasteiger partial charge in [0.05, 0.1) is 0 Å². The Morgan fingerprint density at radius 2 is 0.500 bits per heavy atom. The van der Waals surface area contributed by atoms with E-state index in [1.807, 2.05) is 0 Å². The van der Waals surface area contributed by atoms with Crippen molar-refractivity contribution in [2.45, 2.75) is 0 Å². The predicted molar refractivity (Wildman–Crippen MR) is 5.81 cm³/mol. The molecule has 0 rings (SSSR count). The van der Waals surface area contributed by atoms with E-state index in [0.29, 0.717) is 0 Å². The molecule has 3 nitrogen and oxygen atoms in total. The fourth-order valence-electron chi connectivity index (χ4n) is 0. The smallest absolute Gasteiger partial charge is 0.870 e. The Morgan fingerprint density at radius 1 is 0.500 bits per heavy atom. The Morgan fingerprint density at radius 3 is 0.500 bits per heavy atom. The molecule has 0 saturated carbocycles. The second-order valence-electron chi connectivity index (χ2n) is 0. The summed E-state index contributed by atoms with van der Waals surface area (Å²) in [5, 5.41) is 0. The minimum absolute atomic E-state index is 0. The van der Waals surface area contributed by atoms with Gasteiger partial charge in [0.15, 0.2) is 0 Å². The zero-order chi connectivity index (χ0) is 0. The molecule has 0 aromatic heterocycles. The van der Waals surface area contributed by atoms with Crippen LogP contribution in [0.5, 0.6) is 0 Å². The van der Waals surface area contributed by atoms with Crippen molar-refractivity contribution in [2.75, 3.05) is 0 Å². The summed E-state index contributed by atoms with van der Waals surface area (Å²) in [6, 6.07) is 0. The molecule has 4 heavy (non-hydrogen) atoms. The third-order valence-electron chi connectivity index (χ3n) is 0. The number of hydrogen-bond donors (Lipinski definition) is 0. The molecule has 0 aromatic rings. The Labute approximate surface area is 43.1 Å². The minimum atomic E-state index is 0. The Balaban J connectivity index is 0. The largest absolute Gasteiger partial charge is 4.00 e. The topological polar surface area (TPSA) is 90.0 Å². The van der Waals surface area contributed by atoms with Gasteiger partial charge in [0.1, 0.15) is 0 Å². The van der Waals surface area contributed by atoms with Crippen LogP contribution in [0.1, 0.15) is 0 Å². The summed E-state index contributed by atoms with van der Waals surface area (Å²) in [6.07, 6.45) is 0. The van der Waals surface area contributed by atoms with E-state index in [1.165, 1.54) is 0 Å². The van der Waals surface area contributed by atoms with Gasteiger partial charge in [-0.2, -0.15) is 0 Å². The quantitative estimate of drug-likeness (QED) is 0.455. The maximum absolute atomic E-state index is 0. The van der Waals surface area contributed by atoms with Gasteiger partial charge in [-0.05, 0) is 0 Å². The molecule has 0 amide bonds. The fraction of sp³-hybridized carbons (Fsp3) is 0. The van der Waals surface area contributed by atoms with E-state index in [-0.39, 0.29) is 42.6 Å². The van der Waals surface area contributed by atoms with Crippen molar-refractivity contribution in [3.8, 4) is 0 Å². The van der Waals surface area contributed by atoms with E-state index in [2.05, 4.69) is 0 Å². The first-order valence-corrected chi connectivity index (χ1v) is 0. The summed E-state index contributed by atoms with van der Waals surface area (Å²) < 4.78 is 0. The first-order valence-electron chi connectivity index (χ1n) is 0.